The summed E-state index contributed by atoms with van der Waals surface area (Å²) in [5.74, 6) is 0.158. The van der Waals surface area contributed by atoms with Gasteiger partial charge in [0.05, 0.1) is 0 Å². The van der Waals surface area contributed by atoms with Gasteiger partial charge in [0, 0.05) is 0 Å². The molecule has 1 rings (SSSR count). The van der Waals surface area contributed by atoms with Crippen molar-refractivity contribution >= 4 is 11.6 Å². The lowest BCUT2D eigenvalue weighted by molar-refractivity contribution is 0.104. The van der Waals surface area contributed by atoms with E-state index in [1.807, 2.05) is 6.92 Å². The van der Waals surface area contributed by atoms with Gasteiger partial charge < -0.3 is 5.73 Å². The molecule has 1 aromatic rings. The number of aromatic nitrogens is 1. The zero-order valence-corrected chi connectivity index (χ0v) is 6.87. The third-order valence-corrected chi connectivity index (χ3v) is 1.43. The number of carbonyl (C=O) groups excluding carboxylic acids is 1. The summed E-state index contributed by atoms with van der Waals surface area (Å²) in [5, 5.41) is 0. The Kier molecular flexibility index (Phi) is 2.24. The van der Waals surface area contributed by atoms with Gasteiger partial charge >= 0.3 is 0 Å². The Balaban J connectivity index is 3.17. The maximum atomic E-state index is 11.1. The number of pyridine rings is 1. The molecule has 0 aliphatic rings. The molecule has 62 valence electrons. The van der Waals surface area contributed by atoms with Crippen LogP contribution in [0.1, 0.15) is 16.1 Å². The molecule has 0 aliphatic carbocycles. The molecular weight excluding hydrogens is 152 g/mol. The number of nitrogens with two attached hydrogens (primary N) is 1. The molecule has 0 aromatic carbocycles. The summed E-state index contributed by atoms with van der Waals surface area (Å²) in [6.07, 6.45) is 1.22. The van der Waals surface area contributed by atoms with E-state index in [1.165, 1.54) is 6.08 Å². The largest absolute Gasteiger partial charge is 0.384 e. The fraction of sp³-hybridized carbons (Fsp3) is 0.111. The number of ketones is 1. The highest BCUT2D eigenvalue weighted by Crippen LogP contribution is 2.06. The summed E-state index contributed by atoms with van der Waals surface area (Å²) in [6.45, 7) is 5.22. The SMILES string of the molecule is C=CC(=O)c1cc(C)cc(N)n1. The van der Waals surface area contributed by atoms with Gasteiger partial charge in [0.1, 0.15) is 11.5 Å². The Bertz CT molecular complexity index is 311. The van der Waals surface area contributed by atoms with Gasteiger partial charge in [0.2, 0.25) is 5.78 Å². The van der Waals surface area contributed by atoms with E-state index in [0.29, 0.717) is 11.5 Å². The molecule has 3 heteroatoms. The summed E-state index contributed by atoms with van der Waals surface area (Å²) >= 11 is 0. The van der Waals surface area contributed by atoms with E-state index in [1.54, 1.807) is 12.1 Å². The van der Waals surface area contributed by atoms with E-state index < -0.39 is 0 Å². The molecule has 0 amide bonds. The zero-order valence-electron chi connectivity index (χ0n) is 6.87. The number of nitrogen functional groups attached to an aromatic ring is 1. The van der Waals surface area contributed by atoms with Crippen molar-refractivity contribution in [2.45, 2.75) is 6.92 Å². The lowest BCUT2D eigenvalue weighted by Gasteiger charge is -1.99. The minimum absolute atomic E-state index is 0.203. The first-order valence-corrected chi connectivity index (χ1v) is 3.54. The number of allylic oxidation sites excluding steroid dienone is 1. The van der Waals surface area contributed by atoms with Crippen LogP contribution in [0.25, 0.3) is 0 Å². The molecule has 1 heterocycles. The number of nitrogens with zero attached hydrogens (tertiary/aromatic N) is 1. The minimum atomic E-state index is -0.203. The molecule has 0 saturated carbocycles. The van der Waals surface area contributed by atoms with Gasteiger partial charge in [-0.2, -0.15) is 0 Å². The van der Waals surface area contributed by atoms with Crippen LogP contribution in [0.2, 0.25) is 0 Å². The normalized spacial score (nSPS) is 9.42. The van der Waals surface area contributed by atoms with E-state index in [2.05, 4.69) is 11.6 Å². The van der Waals surface area contributed by atoms with E-state index in [-0.39, 0.29) is 5.78 Å². The van der Waals surface area contributed by atoms with Crippen molar-refractivity contribution in [3.8, 4) is 0 Å². The Hall–Kier alpha value is -1.64. The third-order valence-electron chi connectivity index (χ3n) is 1.43. The van der Waals surface area contributed by atoms with Crippen LogP contribution in [-0.4, -0.2) is 10.8 Å². The van der Waals surface area contributed by atoms with Gasteiger partial charge in [-0.05, 0) is 30.7 Å². The van der Waals surface area contributed by atoms with Gasteiger partial charge in [0.25, 0.3) is 0 Å². The molecule has 0 unspecified atom stereocenters. The molecule has 0 radical (unpaired) electrons. The molecule has 0 aliphatic heterocycles. The molecule has 0 saturated heterocycles. The standard InChI is InChI=1S/C9H10N2O/c1-3-8(12)7-4-6(2)5-9(10)11-7/h3-5H,1H2,2H3,(H2,10,11). The van der Waals surface area contributed by atoms with Crippen LogP contribution >= 0.6 is 0 Å². The summed E-state index contributed by atoms with van der Waals surface area (Å²) in [7, 11) is 0. The van der Waals surface area contributed by atoms with Gasteiger partial charge in [-0.1, -0.05) is 6.58 Å². The average Bonchev–Trinajstić information content (AvgIpc) is 2.01. The number of carbonyl (C=O) groups is 1. The average molecular weight is 162 g/mol. The van der Waals surface area contributed by atoms with Gasteiger partial charge in [0.15, 0.2) is 0 Å². The Morgan fingerprint density at radius 3 is 2.83 bits per heavy atom. The van der Waals surface area contributed by atoms with Gasteiger partial charge in [-0.25, -0.2) is 4.98 Å². The number of rotatable bonds is 2. The molecule has 3 nitrogen and oxygen atoms in total. The number of aryl methyl sites for hydroxylation is 1. The fourth-order valence-corrected chi connectivity index (χ4v) is 0.925. The molecule has 12 heavy (non-hydrogen) atoms. The topological polar surface area (TPSA) is 56.0 Å². The minimum Gasteiger partial charge on any atom is -0.384 e. The lowest BCUT2D eigenvalue weighted by Crippen LogP contribution is -2.01. The molecule has 1 aromatic heterocycles. The van der Waals surface area contributed by atoms with Crippen LogP contribution in [0.3, 0.4) is 0 Å². The Morgan fingerprint density at radius 2 is 2.33 bits per heavy atom. The third kappa shape index (κ3) is 1.69. The highest BCUT2D eigenvalue weighted by molar-refractivity contribution is 6.02. The predicted molar refractivity (Wildman–Crippen MR) is 47.9 cm³/mol. The summed E-state index contributed by atoms with van der Waals surface area (Å²) in [4.78, 5) is 14.9. The van der Waals surface area contributed by atoms with E-state index in [0.717, 1.165) is 5.56 Å². The summed E-state index contributed by atoms with van der Waals surface area (Å²) in [6, 6.07) is 3.39. The number of anilines is 1. The van der Waals surface area contributed by atoms with Crippen molar-refractivity contribution in [2.24, 2.45) is 0 Å². The molecule has 0 atom stereocenters. The maximum Gasteiger partial charge on any atom is 0.203 e. The van der Waals surface area contributed by atoms with Crippen molar-refractivity contribution in [3.05, 3.63) is 36.0 Å². The molecule has 0 fully saturated rings. The second-order valence-electron chi connectivity index (χ2n) is 2.52. The van der Waals surface area contributed by atoms with Gasteiger partial charge in [-0.15, -0.1) is 0 Å². The molecule has 0 bridgehead atoms. The highest BCUT2D eigenvalue weighted by atomic mass is 16.1. The number of hydrogen-bond donors (Lipinski definition) is 1. The van der Waals surface area contributed by atoms with E-state index in [9.17, 15) is 4.79 Å². The molecular formula is C9H10N2O. The smallest absolute Gasteiger partial charge is 0.203 e. The van der Waals surface area contributed by atoms with E-state index >= 15 is 0 Å². The highest BCUT2D eigenvalue weighted by Gasteiger charge is 2.03. The van der Waals surface area contributed by atoms with Crippen LogP contribution in [-0.2, 0) is 0 Å². The van der Waals surface area contributed by atoms with Crippen LogP contribution in [0.4, 0.5) is 5.82 Å². The second-order valence-corrected chi connectivity index (χ2v) is 2.52. The monoisotopic (exact) mass is 162 g/mol. The second kappa shape index (κ2) is 3.17. The predicted octanol–water partition coefficient (Wildman–Crippen LogP) is 1.34. The lowest BCUT2D eigenvalue weighted by atomic mass is 10.2. The van der Waals surface area contributed by atoms with Crippen LogP contribution in [0.15, 0.2) is 24.8 Å². The van der Waals surface area contributed by atoms with Crippen LogP contribution < -0.4 is 5.73 Å². The van der Waals surface area contributed by atoms with Crippen LogP contribution in [0.5, 0.6) is 0 Å². The fourth-order valence-electron chi connectivity index (χ4n) is 0.925. The first-order chi connectivity index (χ1) is 5.63. The summed E-state index contributed by atoms with van der Waals surface area (Å²) in [5.41, 5.74) is 6.73. The summed E-state index contributed by atoms with van der Waals surface area (Å²) < 4.78 is 0. The van der Waals surface area contributed by atoms with Crippen molar-refractivity contribution in [1.29, 1.82) is 0 Å². The van der Waals surface area contributed by atoms with Gasteiger partial charge in [-0.3, -0.25) is 4.79 Å². The Morgan fingerprint density at radius 1 is 1.67 bits per heavy atom. The van der Waals surface area contributed by atoms with Crippen LogP contribution in [0, 0.1) is 6.92 Å². The Labute approximate surface area is 70.9 Å². The maximum absolute atomic E-state index is 11.1. The molecule has 2 N–H and O–H groups in total. The first kappa shape index (κ1) is 8.46. The van der Waals surface area contributed by atoms with Crippen molar-refractivity contribution in [2.75, 3.05) is 5.73 Å². The van der Waals surface area contributed by atoms with Crippen molar-refractivity contribution < 1.29 is 4.79 Å². The number of hydrogen-bond acceptors (Lipinski definition) is 3. The van der Waals surface area contributed by atoms with Crippen molar-refractivity contribution in [3.63, 3.8) is 0 Å². The van der Waals surface area contributed by atoms with E-state index in [4.69, 9.17) is 5.73 Å². The zero-order chi connectivity index (χ0) is 9.14. The quantitative estimate of drug-likeness (QED) is 0.527. The first-order valence-electron chi connectivity index (χ1n) is 3.54. The van der Waals surface area contributed by atoms with Crippen molar-refractivity contribution in [1.82, 2.24) is 4.98 Å². The molecule has 0 spiro atoms.